The average Bonchev–Trinajstić information content (AvgIpc) is 2.30. The molecule has 0 saturated heterocycles. The molecule has 3 heteroatoms. The second-order valence-electron chi connectivity index (χ2n) is 3.38. The molecule has 0 radical (unpaired) electrons. The van der Waals surface area contributed by atoms with E-state index in [9.17, 15) is 4.39 Å². The quantitative estimate of drug-likeness (QED) is 0.852. The van der Waals surface area contributed by atoms with Crippen LogP contribution in [0.4, 0.5) is 4.39 Å². The molecule has 0 atom stereocenters. The van der Waals surface area contributed by atoms with E-state index in [1.54, 1.807) is 6.07 Å². The van der Waals surface area contributed by atoms with Crippen LogP contribution in [0.25, 0.3) is 11.1 Å². The van der Waals surface area contributed by atoms with E-state index in [4.69, 9.17) is 5.73 Å². The third kappa shape index (κ3) is 2.60. The highest BCUT2D eigenvalue weighted by Gasteiger charge is 2.02. The van der Waals surface area contributed by atoms with Gasteiger partial charge in [0.05, 0.1) is 0 Å². The van der Waals surface area contributed by atoms with E-state index in [-0.39, 0.29) is 24.8 Å². The van der Waals surface area contributed by atoms with Crippen molar-refractivity contribution in [2.75, 3.05) is 0 Å². The van der Waals surface area contributed by atoms with Gasteiger partial charge in [-0.1, -0.05) is 42.5 Å². The zero-order chi connectivity index (χ0) is 10.7. The predicted molar refractivity (Wildman–Crippen MR) is 67.0 cm³/mol. The zero-order valence-corrected chi connectivity index (χ0v) is 9.51. The SMILES string of the molecule is Cl.NCc1ccc(-c2ccccc2)cc1F. The van der Waals surface area contributed by atoms with Crippen LogP contribution in [0.5, 0.6) is 0 Å². The van der Waals surface area contributed by atoms with Crippen molar-refractivity contribution < 1.29 is 4.39 Å². The molecular formula is C13H13ClFN. The molecule has 2 rings (SSSR count). The van der Waals surface area contributed by atoms with Crippen molar-refractivity contribution >= 4 is 12.4 Å². The number of hydrogen-bond donors (Lipinski definition) is 1. The first-order chi connectivity index (χ1) is 7.31. The van der Waals surface area contributed by atoms with Gasteiger partial charge in [-0.05, 0) is 17.2 Å². The highest BCUT2D eigenvalue weighted by atomic mass is 35.5. The Labute approximate surface area is 101 Å². The minimum absolute atomic E-state index is 0. The van der Waals surface area contributed by atoms with Gasteiger partial charge in [0.15, 0.2) is 0 Å². The number of halogens is 2. The second kappa shape index (κ2) is 5.64. The van der Waals surface area contributed by atoms with Gasteiger partial charge in [-0.2, -0.15) is 0 Å². The highest BCUT2D eigenvalue weighted by molar-refractivity contribution is 5.85. The maximum absolute atomic E-state index is 13.5. The summed E-state index contributed by atoms with van der Waals surface area (Å²) in [6, 6.07) is 14.9. The molecule has 0 aliphatic carbocycles. The van der Waals surface area contributed by atoms with Crippen LogP contribution in [0.2, 0.25) is 0 Å². The Bertz CT molecular complexity index is 457. The van der Waals surface area contributed by atoms with E-state index in [2.05, 4.69) is 0 Å². The normalized spacial score (nSPS) is 9.62. The van der Waals surface area contributed by atoms with Crippen molar-refractivity contribution in [3.05, 3.63) is 59.9 Å². The van der Waals surface area contributed by atoms with Gasteiger partial charge in [0.2, 0.25) is 0 Å². The molecule has 0 aliphatic heterocycles. The molecule has 0 aromatic heterocycles. The Hall–Kier alpha value is -1.38. The first-order valence-electron chi connectivity index (χ1n) is 4.85. The fraction of sp³-hybridized carbons (Fsp3) is 0.0769. The maximum atomic E-state index is 13.5. The summed E-state index contributed by atoms with van der Waals surface area (Å²) in [5.41, 5.74) is 7.84. The average molecular weight is 238 g/mol. The number of rotatable bonds is 2. The summed E-state index contributed by atoms with van der Waals surface area (Å²) in [7, 11) is 0. The van der Waals surface area contributed by atoms with Gasteiger partial charge in [0.1, 0.15) is 5.82 Å². The molecule has 0 amide bonds. The molecule has 0 unspecified atom stereocenters. The Morgan fingerprint density at radius 3 is 2.19 bits per heavy atom. The van der Waals surface area contributed by atoms with Crippen LogP contribution >= 0.6 is 12.4 Å². The van der Waals surface area contributed by atoms with Crippen LogP contribution in [-0.2, 0) is 6.54 Å². The lowest BCUT2D eigenvalue weighted by Crippen LogP contribution is -1.99. The van der Waals surface area contributed by atoms with E-state index in [1.807, 2.05) is 36.4 Å². The van der Waals surface area contributed by atoms with Crippen LogP contribution in [0, 0.1) is 5.82 Å². The molecule has 1 nitrogen and oxygen atoms in total. The molecule has 0 saturated carbocycles. The van der Waals surface area contributed by atoms with Crippen molar-refractivity contribution in [2.24, 2.45) is 5.73 Å². The smallest absolute Gasteiger partial charge is 0.128 e. The molecule has 0 aliphatic rings. The molecule has 0 fully saturated rings. The minimum Gasteiger partial charge on any atom is -0.326 e. The lowest BCUT2D eigenvalue weighted by Gasteiger charge is -2.04. The molecule has 2 N–H and O–H groups in total. The maximum Gasteiger partial charge on any atom is 0.128 e. The molecule has 16 heavy (non-hydrogen) atoms. The van der Waals surface area contributed by atoms with Crippen molar-refractivity contribution in [2.45, 2.75) is 6.54 Å². The monoisotopic (exact) mass is 237 g/mol. The summed E-state index contributed by atoms with van der Waals surface area (Å²) < 4.78 is 13.5. The zero-order valence-electron chi connectivity index (χ0n) is 8.69. The van der Waals surface area contributed by atoms with Crippen molar-refractivity contribution in [1.29, 1.82) is 0 Å². The second-order valence-corrected chi connectivity index (χ2v) is 3.38. The summed E-state index contributed by atoms with van der Waals surface area (Å²) in [5, 5.41) is 0. The molecule has 2 aromatic rings. The van der Waals surface area contributed by atoms with Crippen LogP contribution in [0.15, 0.2) is 48.5 Å². The number of benzene rings is 2. The van der Waals surface area contributed by atoms with Crippen LogP contribution in [-0.4, -0.2) is 0 Å². The standard InChI is InChI=1S/C13H12FN.ClH/c14-13-8-11(6-7-12(13)9-15)10-4-2-1-3-5-10;/h1-8H,9,15H2;1H. The fourth-order valence-corrected chi connectivity index (χ4v) is 1.52. The Morgan fingerprint density at radius 1 is 0.938 bits per heavy atom. The lowest BCUT2D eigenvalue weighted by molar-refractivity contribution is 0.611. The van der Waals surface area contributed by atoms with E-state index in [1.165, 1.54) is 6.07 Å². The van der Waals surface area contributed by atoms with Crippen LogP contribution < -0.4 is 5.73 Å². The minimum atomic E-state index is -0.237. The summed E-state index contributed by atoms with van der Waals surface area (Å²) >= 11 is 0. The topological polar surface area (TPSA) is 26.0 Å². The van der Waals surface area contributed by atoms with Crippen molar-refractivity contribution in [3.8, 4) is 11.1 Å². The molecule has 0 spiro atoms. The molecule has 84 valence electrons. The van der Waals surface area contributed by atoms with E-state index >= 15 is 0 Å². The highest BCUT2D eigenvalue weighted by Crippen LogP contribution is 2.21. The van der Waals surface area contributed by atoms with Gasteiger partial charge in [-0.25, -0.2) is 4.39 Å². The lowest BCUT2D eigenvalue weighted by atomic mass is 10.0. The Morgan fingerprint density at radius 2 is 1.62 bits per heavy atom. The van der Waals surface area contributed by atoms with Crippen LogP contribution in [0.3, 0.4) is 0 Å². The third-order valence-electron chi connectivity index (χ3n) is 2.38. The first-order valence-corrected chi connectivity index (χ1v) is 4.85. The van der Waals surface area contributed by atoms with Crippen molar-refractivity contribution in [3.63, 3.8) is 0 Å². The molecule has 0 bridgehead atoms. The fourth-order valence-electron chi connectivity index (χ4n) is 1.52. The molecule has 2 aromatic carbocycles. The Balaban J connectivity index is 0.00000128. The van der Waals surface area contributed by atoms with Crippen molar-refractivity contribution in [1.82, 2.24) is 0 Å². The summed E-state index contributed by atoms with van der Waals surface area (Å²) in [6.45, 7) is 0.237. The number of nitrogens with two attached hydrogens (primary N) is 1. The van der Waals surface area contributed by atoms with Gasteiger partial charge in [-0.3, -0.25) is 0 Å². The van der Waals surface area contributed by atoms with E-state index < -0.39 is 0 Å². The summed E-state index contributed by atoms with van der Waals surface area (Å²) in [6.07, 6.45) is 0. The van der Waals surface area contributed by atoms with Gasteiger partial charge in [0, 0.05) is 12.1 Å². The van der Waals surface area contributed by atoms with E-state index in [0.29, 0.717) is 5.56 Å². The van der Waals surface area contributed by atoms with Gasteiger partial charge >= 0.3 is 0 Å². The molecule has 0 heterocycles. The molecular weight excluding hydrogens is 225 g/mol. The largest absolute Gasteiger partial charge is 0.326 e. The predicted octanol–water partition coefficient (Wildman–Crippen LogP) is 3.37. The van der Waals surface area contributed by atoms with E-state index in [0.717, 1.165) is 11.1 Å². The first kappa shape index (κ1) is 12.7. The third-order valence-corrected chi connectivity index (χ3v) is 2.38. The summed E-state index contributed by atoms with van der Waals surface area (Å²) in [5.74, 6) is -0.237. The van der Waals surface area contributed by atoms with Gasteiger partial charge < -0.3 is 5.73 Å². The van der Waals surface area contributed by atoms with Crippen LogP contribution in [0.1, 0.15) is 5.56 Å². The Kier molecular flexibility index (Phi) is 4.47. The summed E-state index contributed by atoms with van der Waals surface area (Å²) in [4.78, 5) is 0. The van der Waals surface area contributed by atoms with Gasteiger partial charge in [-0.15, -0.1) is 12.4 Å². The van der Waals surface area contributed by atoms with Gasteiger partial charge in [0.25, 0.3) is 0 Å². The number of hydrogen-bond acceptors (Lipinski definition) is 1.